The summed E-state index contributed by atoms with van der Waals surface area (Å²) in [5.74, 6) is 0.601. The smallest absolute Gasteiger partial charge is 0.135 e. The predicted molar refractivity (Wildman–Crippen MR) is 97.1 cm³/mol. The molecule has 1 aliphatic rings. The second kappa shape index (κ2) is 6.96. The Bertz CT molecular complexity index is 874. The molecule has 2 aromatic carbocycles. The van der Waals surface area contributed by atoms with E-state index in [4.69, 9.17) is 0 Å². The quantitative estimate of drug-likeness (QED) is 0.747. The molecule has 0 radical (unpaired) electrons. The Morgan fingerprint density at radius 3 is 2.60 bits per heavy atom. The van der Waals surface area contributed by atoms with Crippen molar-refractivity contribution in [2.75, 3.05) is 13.1 Å². The lowest BCUT2D eigenvalue weighted by Crippen LogP contribution is -2.38. The van der Waals surface area contributed by atoms with Crippen LogP contribution in [-0.2, 0) is 26.1 Å². The molecule has 0 fully saturated rings. The minimum Gasteiger partial charge on any atom is -0.390 e. The molecule has 0 saturated heterocycles. The average molecular weight is 337 g/mol. The third kappa shape index (κ3) is 3.31. The fraction of sp³-hybridized carbons (Fsp3) is 0.350. The Morgan fingerprint density at radius 2 is 1.76 bits per heavy atom. The Kier molecular flexibility index (Phi) is 4.53. The maximum atomic E-state index is 10.6. The van der Waals surface area contributed by atoms with Crippen molar-refractivity contribution in [3.05, 3.63) is 65.5 Å². The van der Waals surface area contributed by atoms with Crippen LogP contribution in [0.3, 0.4) is 0 Å². The molecule has 1 atom stereocenters. The van der Waals surface area contributed by atoms with Gasteiger partial charge in [0.1, 0.15) is 12.4 Å². The van der Waals surface area contributed by atoms with Crippen LogP contribution in [0.4, 0.5) is 0 Å². The topological polar surface area (TPSA) is 61.5 Å². The summed E-state index contributed by atoms with van der Waals surface area (Å²) in [6.07, 6.45) is 0.520. The van der Waals surface area contributed by atoms with Crippen LogP contribution in [0.5, 0.6) is 0 Å². The number of aromatic nitrogens is 2. The number of imidazole rings is 1. The Balaban J connectivity index is 1.47. The Hall–Kier alpha value is -2.21. The van der Waals surface area contributed by atoms with E-state index in [-0.39, 0.29) is 6.61 Å². The molecule has 5 nitrogen and oxygen atoms in total. The third-order valence-electron chi connectivity index (χ3n) is 4.95. The number of para-hydroxylation sites is 2. The highest BCUT2D eigenvalue weighted by molar-refractivity contribution is 5.75. The van der Waals surface area contributed by atoms with Crippen molar-refractivity contribution >= 4 is 11.0 Å². The van der Waals surface area contributed by atoms with Crippen molar-refractivity contribution in [2.45, 2.75) is 32.2 Å². The lowest BCUT2D eigenvalue weighted by Gasteiger charge is -2.30. The number of β-amino-alcohol motifs (C(OH)–C–C–N with tert-alkyl or cyclic N) is 1. The number of nitrogens with zero attached hydrogens (tertiary/aromatic N) is 3. The normalized spacial score (nSPS) is 16.1. The van der Waals surface area contributed by atoms with Gasteiger partial charge in [-0.2, -0.15) is 0 Å². The third-order valence-corrected chi connectivity index (χ3v) is 4.95. The van der Waals surface area contributed by atoms with Crippen molar-refractivity contribution < 1.29 is 10.2 Å². The molecule has 3 aromatic rings. The zero-order valence-electron chi connectivity index (χ0n) is 14.2. The molecule has 25 heavy (non-hydrogen) atoms. The number of benzene rings is 2. The van der Waals surface area contributed by atoms with E-state index in [1.54, 1.807) is 0 Å². The molecule has 130 valence electrons. The number of hydrogen-bond acceptors (Lipinski definition) is 4. The molecule has 0 spiro atoms. The van der Waals surface area contributed by atoms with Gasteiger partial charge in [-0.3, -0.25) is 4.90 Å². The summed E-state index contributed by atoms with van der Waals surface area (Å²) in [4.78, 5) is 6.75. The summed E-state index contributed by atoms with van der Waals surface area (Å²) in [5, 5.41) is 20.2. The standard InChI is InChI=1S/C20H23N3O2/c24-14-20-21-18-7-3-4-8-19(18)23(20)13-17(25)12-22-10-9-15-5-1-2-6-16(15)11-22/h1-8,17,24-25H,9-14H2. The molecule has 1 unspecified atom stereocenters. The van der Waals surface area contributed by atoms with Crippen LogP contribution in [0, 0.1) is 0 Å². The summed E-state index contributed by atoms with van der Waals surface area (Å²) in [6, 6.07) is 16.3. The van der Waals surface area contributed by atoms with E-state index in [9.17, 15) is 10.2 Å². The van der Waals surface area contributed by atoms with Crippen LogP contribution in [0.15, 0.2) is 48.5 Å². The predicted octanol–water partition coefficient (Wildman–Crippen LogP) is 1.95. The lowest BCUT2D eigenvalue weighted by molar-refractivity contribution is 0.0909. The van der Waals surface area contributed by atoms with E-state index in [2.05, 4.69) is 34.1 Å². The van der Waals surface area contributed by atoms with Gasteiger partial charge in [0.2, 0.25) is 0 Å². The molecule has 0 saturated carbocycles. The van der Waals surface area contributed by atoms with E-state index >= 15 is 0 Å². The van der Waals surface area contributed by atoms with Crippen LogP contribution in [0.25, 0.3) is 11.0 Å². The van der Waals surface area contributed by atoms with Crippen molar-refractivity contribution in [1.82, 2.24) is 14.5 Å². The number of rotatable bonds is 5. The maximum Gasteiger partial charge on any atom is 0.135 e. The van der Waals surface area contributed by atoms with Gasteiger partial charge in [0.25, 0.3) is 0 Å². The Morgan fingerprint density at radius 1 is 1.00 bits per heavy atom. The minimum absolute atomic E-state index is 0.126. The molecule has 2 heterocycles. The van der Waals surface area contributed by atoms with E-state index in [0.29, 0.717) is 18.9 Å². The van der Waals surface area contributed by atoms with Gasteiger partial charge in [0, 0.05) is 19.6 Å². The zero-order valence-corrected chi connectivity index (χ0v) is 14.2. The molecule has 1 aliphatic heterocycles. The van der Waals surface area contributed by atoms with Gasteiger partial charge in [-0.25, -0.2) is 4.98 Å². The van der Waals surface area contributed by atoms with Crippen molar-refractivity contribution in [3.8, 4) is 0 Å². The van der Waals surface area contributed by atoms with E-state index in [1.165, 1.54) is 11.1 Å². The average Bonchev–Trinajstić information content (AvgIpc) is 2.99. The van der Waals surface area contributed by atoms with Crippen molar-refractivity contribution in [2.24, 2.45) is 0 Å². The molecule has 0 bridgehead atoms. The van der Waals surface area contributed by atoms with Crippen LogP contribution in [0.1, 0.15) is 17.0 Å². The monoisotopic (exact) mass is 337 g/mol. The van der Waals surface area contributed by atoms with Gasteiger partial charge in [0.15, 0.2) is 0 Å². The van der Waals surface area contributed by atoms with Crippen LogP contribution in [0.2, 0.25) is 0 Å². The van der Waals surface area contributed by atoms with Crippen LogP contribution >= 0.6 is 0 Å². The van der Waals surface area contributed by atoms with E-state index < -0.39 is 6.10 Å². The molecule has 1 aromatic heterocycles. The minimum atomic E-state index is -0.506. The first-order valence-corrected chi connectivity index (χ1v) is 8.77. The zero-order chi connectivity index (χ0) is 17.2. The van der Waals surface area contributed by atoms with Gasteiger partial charge in [-0.05, 0) is 29.7 Å². The molecule has 5 heteroatoms. The summed E-state index contributed by atoms with van der Waals surface area (Å²) >= 11 is 0. The SMILES string of the molecule is OCc1nc2ccccc2n1CC(O)CN1CCc2ccccc2C1. The molecule has 2 N–H and O–H groups in total. The highest BCUT2D eigenvalue weighted by Crippen LogP contribution is 2.20. The summed E-state index contributed by atoms with van der Waals surface area (Å²) in [7, 11) is 0. The molecule has 0 aliphatic carbocycles. The first-order valence-electron chi connectivity index (χ1n) is 8.77. The fourth-order valence-electron chi connectivity index (χ4n) is 3.73. The second-order valence-electron chi connectivity index (χ2n) is 6.69. The Labute approximate surface area is 147 Å². The summed E-state index contributed by atoms with van der Waals surface area (Å²) < 4.78 is 1.93. The first kappa shape index (κ1) is 16.3. The van der Waals surface area contributed by atoms with Crippen LogP contribution < -0.4 is 0 Å². The molecular formula is C20H23N3O2. The van der Waals surface area contributed by atoms with Crippen molar-refractivity contribution in [3.63, 3.8) is 0 Å². The van der Waals surface area contributed by atoms with Gasteiger partial charge in [-0.15, -0.1) is 0 Å². The summed E-state index contributed by atoms with van der Waals surface area (Å²) in [5.41, 5.74) is 4.57. The fourth-order valence-corrected chi connectivity index (χ4v) is 3.73. The van der Waals surface area contributed by atoms with E-state index in [1.807, 2.05) is 28.8 Å². The summed E-state index contributed by atoms with van der Waals surface area (Å²) in [6.45, 7) is 2.77. The number of aliphatic hydroxyl groups excluding tert-OH is 2. The van der Waals surface area contributed by atoms with E-state index in [0.717, 1.165) is 30.5 Å². The van der Waals surface area contributed by atoms with Crippen LogP contribution in [-0.4, -0.2) is 43.9 Å². The first-order chi connectivity index (χ1) is 12.2. The van der Waals surface area contributed by atoms with Gasteiger partial charge in [0.05, 0.1) is 23.7 Å². The maximum absolute atomic E-state index is 10.6. The van der Waals surface area contributed by atoms with Gasteiger partial charge in [-0.1, -0.05) is 36.4 Å². The molecular weight excluding hydrogens is 314 g/mol. The molecule has 4 rings (SSSR count). The van der Waals surface area contributed by atoms with Crippen molar-refractivity contribution in [1.29, 1.82) is 0 Å². The number of fused-ring (bicyclic) bond motifs is 2. The number of hydrogen-bond donors (Lipinski definition) is 2. The highest BCUT2D eigenvalue weighted by atomic mass is 16.3. The lowest BCUT2D eigenvalue weighted by atomic mass is 10.00. The number of aliphatic hydroxyl groups is 2. The second-order valence-corrected chi connectivity index (χ2v) is 6.69. The van der Waals surface area contributed by atoms with Gasteiger partial charge < -0.3 is 14.8 Å². The highest BCUT2D eigenvalue weighted by Gasteiger charge is 2.20. The largest absolute Gasteiger partial charge is 0.390 e. The van der Waals surface area contributed by atoms with Gasteiger partial charge >= 0.3 is 0 Å². The molecule has 0 amide bonds.